The number of fused-ring (bicyclic) bond motifs is 2. The quantitative estimate of drug-likeness (QED) is 0.0630. The first-order valence-corrected chi connectivity index (χ1v) is 24.9. The molecule has 2 aromatic heterocycles. The first-order valence-electron chi connectivity index (χ1n) is 23.2. The lowest BCUT2D eigenvalue weighted by atomic mass is 9.93. The van der Waals surface area contributed by atoms with Crippen LogP contribution >= 0.6 is 22.7 Å². The summed E-state index contributed by atoms with van der Waals surface area (Å²) in [6.45, 7) is 10.6. The number of benzene rings is 1. The van der Waals surface area contributed by atoms with E-state index >= 15 is 0 Å². The summed E-state index contributed by atoms with van der Waals surface area (Å²) in [5.41, 5.74) is 3.65. The van der Waals surface area contributed by atoms with E-state index < -0.39 is 0 Å². The summed E-state index contributed by atoms with van der Waals surface area (Å²) in [6.07, 6.45) is 30.3. The number of hydrogen-bond acceptors (Lipinski definition) is 4. The van der Waals surface area contributed by atoms with E-state index in [4.69, 9.17) is 0 Å². The molecule has 308 valence electrons. The lowest BCUT2D eigenvalue weighted by Crippen LogP contribution is -2.35. The normalized spacial score (nSPS) is 15.0. The van der Waals surface area contributed by atoms with Crippen LogP contribution in [0.3, 0.4) is 0 Å². The first-order chi connectivity index (χ1) is 27.5. The minimum atomic E-state index is 0.139. The lowest BCUT2D eigenvalue weighted by Gasteiger charge is -2.27. The molecule has 1 aromatic carbocycles. The van der Waals surface area contributed by atoms with E-state index in [1.165, 1.54) is 154 Å². The summed E-state index contributed by atoms with van der Waals surface area (Å²) in [7, 11) is 0. The first kappa shape index (κ1) is 44.4. The number of nitrogens with zero attached hydrogens (tertiary/aromatic N) is 2. The van der Waals surface area contributed by atoms with Crippen molar-refractivity contribution >= 4 is 57.0 Å². The summed E-state index contributed by atoms with van der Waals surface area (Å²) in [6, 6.07) is 12.8. The monoisotopic (exact) mass is 799 g/mol. The molecule has 0 N–H and O–H groups in total. The molecule has 0 fully saturated rings. The topological polar surface area (TPSA) is 40.6 Å². The molecular formula is C50H74N2O2S2. The minimum absolute atomic E-state index is 0.139. The molecule has 2 unspecified atom stereocenters. The zero-order valence-corrected chi connectivity index (χ0v) is 37.3. The van der Waals surface area contributed by atoms with Gasteiger partial charge in [-0.2, -0.15) is 0 Å². The molecule has 0 spiro atoms. The van der Waals surface area contributed by atoms with Crippen LogP contribution in [0.1, 0.15) is 192 Å². The second-order valence-electron chi connectivity index (χ2n) is 17.0. The number of amides is 2. The van der Waals surface area contributed by atoms with Crippen molar-refractivity contribution in [2.75, 3.05) is 22.9 Å². The summed E-state index contributed by atoms with van der Waals surface area (Å²) in [5.74, 6) is 1.22. The average Bonchev–Trinajstić information content (AvgIpc) is 4.02. The molecule has 5 rings (SSSR count). The van der Waals surface area contributed by atoms with Gasteiger partial charge >= 0.3 is 0 Å². The van der Waals surface area contributed by atoms with Gasteiger partial charge in [0.25, 0.3) is 11.8 Å². The van der Waals surface area contributed by atoms with Crippen molar-refractivity contribution in [2.24, 2.45) is 11.8 Å². The SMILES string of the molecule is CCCCCCCCC(CCCCCC)CN1C(=O)C(c2cccs2)=c2cc3c(cc21)=C(c1cccs1)C(=O)N3CC(CCCCCC)CCCCCCCC. The third kappa shape index (κ3) is 12.2. The Bertz CT molecular complexity index is 1600. The van der Waals surface area contributed by atoms with Gasteiger partial charge in [-0.3, -0.25) is 9.59 Å². The van der Waals surface area contributed by atoms with Crippen molar-refractivity contribution in [3.05, 3.63) is 67.3 Å². The molecule has 2 atom stereocenters. The Morgan fingerprint density at radius 2 is 0.786 bits per heavy atom. The van der Waals surface area contributed by atoms with Crippen LogP contribution in [0, 0.1) is 11.8 Å². The van der Waals surface area contributed by atoms with Gasteiger partial charge in [-0.1, -0.05) is 168 Å². The Morgan fingerprint density at radius 3 is 1.11 bits per heavy atom. The number of unbranched alkanes of at least 4 members (excludes halogenated alkanes) is 16. The molecule has 0 radical (unpaired) electrons. The maximum Gasteiger partial charge on any atom is 0.260 e. The van der Waals surface area contributed by atoms with Crippen LogP contribution in [0.5, 0.6) is 0 Å². The van der Waals surface area contributed by atoms with Gasteiger partial charge in [0.15, 0.2) is 0 Å². The van der Waals surface area contributed by atoms with E-state index in [9.17, 15) is 9.59 Å². The fourth-order valence-electron chi connectivity index (χ4n) is 9.14. The maximum atomic E-state index is 14.8. The van der Waals surface area contributed by atoms with Crippen molar-refractivity contribution in [3.8, 4) is 0 Å². The van der Waals surface area contributed by atoms with E-state index in [0.29, 0.717) is 11.8 Å². The number of hydrogen-bond donors (Lipinski definition) is 0. The van der Waals surface area contributed by atoms with Crippen LogP contribution in [0.15, 0.2) is 47.2 Å². The zero-order valence-electron chi connectivity index (χ0n) is 35.7. The van der Waals surface area contributed by atoms with Crippen LogP contribution in [0.4, 0.5) is 11.4 Å². The number of carbonyl (C=O) groups excluding carboxylic acids is 2. The average molecular weight is 799 g/mol. The predicted octanol–water partition coefficient (Wildman–Crippen LogP) is 13.6. The van der Waals surface area contributed by atoms with Gasteiger partial charge in [0.05, 0.1) is 22.5 Å². The Labute approximate surface area is 348 Å². The van der Waals surface area contributed by atoms with Crippen LogP contribution < -0.4 is 20.2 Å². The van der Waals surface area contributed by atoms with E-state index in [2.05, 4.69) is 84.7 Å². The van der Waals surface area contributed by atoms with Crippen LogP contribution in [0.2, 0.25) is 0 Å². The smallest absolute Gasteiger partial charge is 0.260 e. The van der Waals surface area contributed by atoms with E-state index in [-0.39, 0.29) is 11.8 Å². The minimum Gasteiger partial charge on any atom is -0.307 e. The van der Waals surface area contributed by atoms with Gasteiger partial charge in [0, 0.05) is 33.3 Å². The van der Waals surface area contributed by atoms with Gasteiger partial charge in [-0.05, 0) is 72.5 Å². The summed E-state index contributed by atoms with van der Waals surface area (Å²) < 4.78 is 0. The third-order valence-corrected chi connectivity index (χ3v) is 14.2. The fraction of sp³-hybridized carbons (Fsp3) is 0.640. The number of carbonyl (C=O) groups is 2. The molecule has 0 bridgehead atoms. The Balaban J connectivity index is 1.50. The van der Waals surface area contributed by atoms with E-state index in [0.717, 1.165) is 55.8 Å². The van der Waals surface area contributed by atoms with Crippen LogP contribution in [-0.2, 0) is 9.59 Å². The molecule has 0 saturated heterocycles. The van der Waals surface area contributed by atoms with Crippen molar-refractivity contribution in [1.82, 2.24) is 0 Å². The highest BCUT2D eigenvalue weighted by molar-refractivity contribution is 7.11. The molecule has 0 saturated carbocycles. The molecule has 0 aliphatic carbocycles. The molecule has 6 heteroatoms. The lowest BCUT2D eigenvalue weighted by molar-refractivity contribution is -0.114. The standard InChI is InChI=1S/C50H74N2O2S2/c1-5-9-13-17-19-23-29-39(27-21-15-11-7-3)37-51-43-35-42-44(36-41(43)47(49(51)53)45-31-25-33-55-45)52(50(54)48(42)46-32-26-34-56-46)38-40(28-22-16-12-8-4)30-24-20-18-14-10-6-2/h25-26,31-36,39-40H,5-24,27-30,37-38H2,1-4H3. The Hall–Kier alpha value is -2.70. The van der Waals surface area contributed by atoms with E-state index in [1.807, 2.05) is 0 Å². The van der Waals surface area contributed by atoms with Gasteiger partial charge in [-0.15, -0.1) is 22.7 Å². The molecule has 2 amide bonds. The fourth-order valence-corrected chi connectivity index (χ4v) is 10.7. The van der Waals surface area contributed by atoms with Crippen LogP contribution in [-0.4, -0.2) is 24.9 Å². The van der Waals surface area contributed by atoms with Gasteiger partial charge in [0.1, 0.15) is 0 Å². The van der Waals surface area contributed by atoms with Gasteiger partial charge < -0.3 is 9.80 Å². The number of rotatable bonds is 30. The predicted molar refractivity (Wildman–Crippen MR) is 245 cm³/mol. The molecule has 4 nitrogen and oxygen atoms in total. The van der Waals surface area contributed by atoms with Crippen molar-refractivity contribution in [1.29, 1.82) is 0 Å². The molecule has 2 aliphatic heterocycles. The second kappa shape index (κ2) is 24.3. The van der Waals surface area contributed by atoms with E-state index in [1.54, 1.807) is 22.7 Å². The highest BCUT2D eigenvalue weighted by Gasteiger charge is 2.37. The third-order valence-electron chi connectivity index (χ3n) is 12.4. The van der Waals surface area contributed by atoms with Crippen molar-refractivity contribution in [2.45, 2.75) is 182 Å². The number of thiophene rings is 2. The highest BCUT2D eigenvalue weighted by Crippen LogP contribution is 2.35. The van der Waals surface area contributed by atoms with Crippen LogP contribution in [0.25, 0.3) is 11.1 Å². The summed E-state index contributed by atoms with van der Waals surface area (Å²) in [5, 5.41) is 6.21. The Kier molecular flexibility index (Phi) is 19.2. The molecule has 56 heavy (non-hydrogen) atoms. The molecule has 4 heterocycles. The molecule has 3 aromatic rings. The maximum absolute atomic E-state index is 14.8. The largest absolute Gasteiger partial charge is 0.307 e. The Morgan fingerprint density at radius 1 is 0.464 bits per heavy atom. The van der Waals surface area contributed by atoms with Gasteiger partial charge in [0.2, 0.25) is 0 Å². The van der Waals surface area contributed by atoms with Crippen molar-refractivity contribution < 1.29 is 9.59 Å². The molecule has 2 aliphatic rings. The second-order valence-corrected chi connectivity index (χ2v) is 18.9. The van der Waals surface area contributed by atoms with Crippen molar-refractivity contribution in [3.63, 3.8) is 0 Å². The summed E-state index contributed by atoms with van der Waals surface area (Å²) in [4.78, 5) is 35.9. The summed E-state index contributed by atoms with van der Waals surface area (Å²) >= 11 is 3.31. The zero-order chi connectivity index (χ0) is 39.5. The highest BCUT2D eigenvalue weighted by atomic mass is 32.1. The molecular weight excluding hydrogens is 725 g/mol. The number of anilines is 2. The van der Waals surface area contributed by atoms with Gasteiger partial charge in [-0.25, -0.2) is 0 Å².